The zero-order valence-corrected chi connectivity index (χ0v) is 14.0. The lowest BCUT2D eigenvalue weighted by atomic mass is 10.1. The van der Waals surface area contributed by atoms with Crippen molar-refractivity contribution in [3.05, 3.63) is 44.3 Å². The van der Waals surface area contributed by atoms with Gasteiger partial charge in [-0.1, -0.05) is 0 Å². The molecule has 0 bridgehead atoms. The Bertz CT molecular complexity index is 644. The number of fused-ring (bicyclic) bond motifs is 1. The Balaban J connectivity index is 1.87. The molecule has 2 aromatic heterocycles. The van der Waals surface area contributed by atoms with Crippen LogP contribution in [0.1, 0.15) is 40.8 Å². The number of rotatable bonds is 2. The van der Waals surface area contributed by atoms with Gasteiger partial charge in [0.1, 0.15) is 5.69 Å². The molecule has 1 aliphatic heterocycles. The fourth-order valence-electron chi connectivity index (χ4n) is 2.63. The van der Waals surface area contributed by atoms with Crippen LogP contribution in [0.15, 0.2) is 28.2 Å². The lowest BCUT2D eigenvalue weighted by Crippen LogP contribution is -2.36. The fourth-order valence-corrected chi connectivity index (χ4v) is 3.96. The van der Waals surface area contributed by atoms with Gasteiger partial charge in [-0.05, 0) is 59.3 Å². The predicted molar refractivity (Wildman–Crippen MR) is 85.3 cm³/mol. The van der Waals surface area contributed by atoms with Gasteiger partial charge in [-0.3, -0.25) is 4.79 Å². The van der Waals surface area contributed by atoms with E-state index in [1.54, 1.807) is 11.3 Å². The van der Waals surface area contributed by atoms with Gasteiger partial charge >= 0.3 is 0 Å². The first-order valence-electron chi connectivity index (χ1n) is 6.78. The molecule has 20 heavy (non-hydrogen) atoms. The van der Waals surface area contributed by atoms with E-state index >= 15 is 0 Å². The summed E-state index contributed by atoms with van der Waals surface area (Å²) in [5, 5.41) is 2.12. The minimum Gasteiger partial charge on any atom is -0.340 e. The van der Waals surface area contributed by atoms with Crippen molar-refractivity contribution in [3.8, 4) is 0 Å². The van der Waals surface area contributed by atoms with Crippen molar-refractivity contribution in [1.82, 2.24) is 9.47 Å². The molecule has 0 unspecified atom stereocenters. The summed E-state index contributed by atoms with van der Waals surface area (Å²) < 4.78 is 3.00. The minimum atomic E-state index is 0.126. The summed E-state index contributed by atoms with van der Waals surface area (Å²) in [6.07, 6.45) is 2.96. The van der Waals surface area contributed by atoms with Gasteiger partial charge in [-0.25, -0.2) is 0 Å². The molecule has 3 nitrogen and oxygen atoms in total. The average Bonchev–Trinajstić information content (AvgIpc) is 3.02. The molecule has 0 aromatic carbocycles. The second kappa shape index (κ2) is 5.37. The second-order valence-corrected chi connectivity index (χ2v) is 7.31. The maximum Gasteiger partial charge on any atom is 0.270 e. The van der Waals surface area contributed by atoms with Crippen LogP contribution in [0.2, 0.25) is 0 Å². The summed E-state index contributed by atoms with van der Waals surface area (Å²) in [6.45, 7) is 5.73. The fraction of sp³-hybridized carbons (Fsp3) is 0.400. The van der Waals surface area contributed by atoms with E-state index in [-0.39, 0.29) is 11.9 Å². The van der Waals surface area contributed by atoms with E-state index < -0.39 is 0 Å². The summed E-state index contributed by atoms with van der Waals surface area (Å²) in [7, 11) is 0. The topological polar surface area (TPSA) is 25.2 Å². The van der Waals surface area contributed by atoms with E-state index in [0.717, 1.165) is 29.7 Å². The molecule has 3 rings (SSSR count). The molecule has 5 heteroatoms. The Morgan fingerprint density at radius 1 is 1.45 bits per heavy atom. The Morgan fingerprint density at radius 3 is 3.00 bits per heavy atom. The molecule has 106 valence electrons. The van der Waals surface area contributed by atoms with Gasteiger partial charge in [0.2, 0.25) is 0 Å². The highest BCUT2D eigenvalue weighted by molar-refractivity contribution is 9.10. The largest absolute Gasteiger partial charge is 0.340 e. The minimum absolute atomic E-state index is 0.126. The predicted octanol–water partition coefficient (Wildman–Crippen LogP) is 4.09. The maximum absolute atomic E-state index is 12.8. The van der Waals surface area contributed by atoms with Crippen LogP contribution in [0.4, 0.5) is 0 Å². The second-order valence-electron chi connectivity index (χ2n) is 5.39. The van der Waals surface area contributed by atoms with E-state index in [2.05, 4.69) is 41.2 Å². The highest BCUT2D eigenvalue weighted by atomic mass is 79.9. The molecule has 0 spiro atoms. The molecule has 0 atom stereocenters. The Morgan fingerprint density at radius 2 is 2.25 bits per heavy atom. The van der Waals surface area contributed by atoms with E-state index in [0.29, 0.717) is 0 Å². The molecule has 3 heterocycles. The smallest absolute Gasteiger partial charge is 0.270 e. The number of thiophene rings is 1. The highest BCUT2D eigenvalue weighted by Gasteiger charge is 2.25. The van der Waals surface area contributed by atoms with Gasteiger partial charge in [0, 0.05) is 34.7 Å². The third kappa shape index (κ3) is 2.44. The number of hydrogen-bond donors (Lipinski definition) is 0. The number of aromatic nitrogens is 1. The lowest BCUT2D eigenvalue weighted by molar-refractivity contribution is 0.0723. The maximum atomic E-state index is 12.8. The van der Waals surface area contributed by atoms with Crippen LogP contribution < -0.4 is 0 Å². The van der Waals surface area contributed by atoms with Crippen LogP contribution in [0.3, 0.4) is 0 Å². The standard InChI is InChI=1S/C15H17BrN2OS/c1-10(2)18-9-12(16)7-13(18)15(19)17-5-3-14-11(8-17)4-6-20-14/h4,6-7,9-10H,3,5,8H2,1-2H3. The van der Waals surface area contributed by atoms with Crippen LogP contribution in [-0.2, 0) is 13.0 Å². The van der Waals surface area contributed by atoms with Gasteiger partial charge in [-0.2, -0.15) is 0 Å². The molecule has 0 N–H and O–H groups in total. The van der Waals surface area contributed by atoms with E-state index in [1.165, 1.54) is 10.4 Å². The quantitative estimate of drug-likeness (QED) is 0.798. The molecule has 0 fully saturated rings. The highest BCUT2D eigenvalue weighted by Crippen LogP contribution is 2.27. The summed E-state index contributed by atoms with van der Waals surface area (Å²) in [4.78, 5) is 16.1. The van der Waals surface area contributed by atoms with Crippen molar-refractivity contribution >= 4 is 33.2 Å². The first-order valence-corrected chi connectivity index (χ1v) is 8.45. The molecule has 0 saturated heterocycles. The van der Waals surface area contributed by atoms with Crippen LogP contribution in [-0.4, -0.2) is 21.9 Å². The number of halogens is 1. The number of amides is 1. The molecule has 0 saturated carbocycles. The van der Waals surface area contributed by atoms with Crippen LogP contribution in [0.5, 0.6) is 0 Å². The molecule has 0 aliphatic carbocycles. The first-order chi connectivity index (χ1) is 9.56. The van der Waals surface area contributed by atoms with Gasteiger partial charge < -0.3 is 9.47 Å². The molecular weight excluding hydrogens is 336 g/mol. The van der Waals surface area contributed by atoms with Crippen molar-refractivity contribution in [2.24, 2.45) is 0 Å². The van der Waals surface area contributed by atoms with Crippen molar-refractivity contribution in [1.29, 1.82) is 0 Å². The van der Waals surface area contributed by atoms with Gasteiger partial charge in [0.15, 0.2) is 0 Å². The Kier molecular flexibility index (Phi) is 3.73. The van der Waals surface area contributed by atoms with Crippen molar-refractivity contribution in [2.45, 2.75) is 32.9 Å². The summed E-state index contributed by atoms with van der Waals surface area (Å²) in [5.74, 6) is 0.126. The van der Waals surface area contributed by atoms with Crippen LogP contribution in [0.25, 0.3) is 0 Å². The molecule has 1 aliphatic rings. The summed E-state index contributed by atoms with van der Waals surface area (Å²) in [6, 6.07) is 4.34. The Hall–Kier alpha value is -1.07. The zero-order chi connectivity index (χ0) is 14.3. The molecule has 2 aromatic rings. The van der Waals surface area contributed by atoms with Gasteiger partial charge in [-0.15, -0.1) is 11.3 Å². The van der Waals surface area contributed by atoms with Gasteiger partial charge in [0.05, 0.1) is 0 Å². The van der Waals surface area contributed by atoms with Crippen molar-refractivity contribution in [2.75, 3.05) is 6.54 Å². The Labute approximate surface area is 131 Å². The van der Waals surface area contributed by atoms with E-state index in [1.807, 2.05) is 21.7 Å². The number of carbonyl (C=O) groups excluding carboxylic acids is 1. The summed E-state index contributed by atoms with van der Waals surface area (Å²) in [5.41, 5.74) is 2.07. The van der Waals surface area contributed by atoms with E-state index in [4.69, 9.17) is 0 Å². The monoisotopic (exact) mass is 352 g/mol. The average molecular weight is 353 g/mol. The zero-order valence-electron chi connectivity index (χ0n) is 11.6. The van der Waals surface area contributed by atoms with E-state index in [9.17, 15) is 4.79 Å². The van der Waals surface area contributed by atoms with Crippen molar-refractivity contribution < 1.29 is 4.79 Å². The van der Waals surface area contributed by atoms with Crippen molar-refractivity contribution in [3.63, 3.8) is 0 Å². The van der Waals surface area contributed by atoms with Gasteiger partial charge in [0.25, 0.3) is 5.91 Å². The number of nitrogens with zero attached hydrogens (tertiary/aromatic N) is 2. The van der Waals surface area contributed by atoms with Crippen LogP contribution >= 0.6 is 27.3 Å². The molecule has 0 radical (unpaired) electrons. The number of carbonyl (C=O) groups is 1. The lowest BCUT2D eigenvalue weighted by Gasteiger charge is -2.27. The molecular formula is C15H17BrN2OS. The third-order valence-corrected chi connectivity index (χ3v) is 5.14. The SMILES string of the molecule is CC(C)n1cc(Br)cc1C(=O)N1CCc2sccc2C1. The number of hydrogen-bond acceptors (Lipinski definition) is 2. The van der Waals surface area contributed by atoms with Crippen LogP contribution in [0, 0.1) is 0 Å². The first kappa shape index (κ1) is 13.9. The third-order valence-electron chi connectivity index (χ3n) is 3.69. The molecule has 1 amide bonds. The normalized spacial score (nSPS) is 14.7. The summed E-state index contributed by atoms with van der Waals surface area (Å²) >= 11 is 5.27.